The van der Waals surface area contributed by atoms with Crippen LogP contribution in [0.25, 0.3) is 0 Å². The zero-order chi connectivity index (χ0) is 9.84. The predicted molar refractivity (Wildman–Crippen MR) is 56.1 cm³/mol. The monoisotopic (exact) mass is 198 g/mol. The van der Waals surface area contributed by atoms with Crippen molar-refractivity contribution in [3.63, 3.8) is 0 Å². The Kier molecular flexibility index (Phi) is 3.76. The smallest absolute Gasteiger partial charge is 0.0502 e. The topological polar surface area (TPSA) is 20.2 Å². The molecule has 0 aromatic heterocycles. The van der Waals surface area contributed by atoms with Gasteiger partial charge in [-0.25, -0.2) is 0 Å². The first kappa shape index (κ1) is 10.6. The maximum atomic E-state index is 9.20. The van der Waals surface area contributed by atoms with Crippen molar-refractivity contribution in [2.45, 2.75) is 19.8 Å². The molecule has 1 aromatic carbocycles. The summed E-state index contributed by atoms with van der Waals surface area (Å²) in [4.78, 5) is 0. The van der Waals surface area contributed by atoms with E-state index in [0.29, 0.717) is 5.92 Å². The number of halogens is 1. The van der Waals surface area contributed by atoms with Gasteiger partial charge in [0.15, 0.2) is 0 Å². The first-order chi connectivity index (χ1) is 6.15. The average molecular weight is 199 g/mol. The van der Waals surface area contributed by atoms with Crippen LogP contribution in [0.3, 0.4) is 0 Å². The van der Waals surface area contributed by atoms with Crippen LogP contribution in [0.4, 0.5) is 0 Å². The molecule has 0 aliphatic rings. The molecule has 0 fully saturated rings. The van der Waals surface area contributed by atoms with E-state index in [9.17, 15) is 5.11 Å². The van der Waals surface area contributed by atoms with Gasteiger partial charge in [-0.15, -0.1) is 0 Å². The van der Waals surface area contributed by atoms with E-state index in [1.54, 1.807) is 0 Å². The zero-order valence-corrected chi connectivity index (χ0v) is 8.75. The van der Waals surface area contributed by atoms with Crippen molar-refractivity contribution in [3.05, 3.63) is 34.9 Å². The standard InChI is InChI=1S/C11H15ClO/c1-8(2)11(7-13)9-4-3-5-10(12)6-9/h3-6,8,11,13H,7H2,1-2H3. The van der Waals surface area contributed by atoms with E-state index in [1.807, 2.05) is 24.3 Å². The van der Waals surface area contributed by atoms with Crippen LogP contribution < -0.4 is 0 Å². The molecule has 72 valence electrons. The Morgan fingerprint density at radius 2 is 2.08 bits per heavy atom. The van der Waals surface area contributed by atoms with Crippen LogP contribution >= 0.6 is 11.6 Å². The number of hydrogen-bond acceptors (Lipinski definition) is 1. The van der Waals surface area contributed by atoms with Gasteiger partial charge in [0.25, 0.3) is 0 Å². The summed E-state index contributed by atoms with van der Waals surface area (Å²) < 4.78 is 0. The van der Waals surface area contributed by atoms with E-state index in [-0.39, 0.29) is 12.5 Å². The normalized spacial score (nSPS) is 13.3. The van der Waals surface area contributed by atoms with Crippen LogP contribution in [0.2, 0.25) is 5.02 Å². The number of rotatable bonds is 3. The van der Waals surface area contributed by atoms with Crippen LogP contribution in [0.1, 0.15) is 25.3 Å². The predicted octanol–water partition coefficient (Wildman–Crippen LogP) is 3.07. The van der Waals surface area contributed by atoms with Gasteiger partial charge in [-0.05, 0) is 23.6 Å². The largest absolute Gasteiger partial charge is 0.396 e. The van der Waals surface area contributed by atoms with E-state index in [4.69, 9.17) is 11.6 Å². The van der Waals surface area contributed by atoms with Crippen molar-refractivity contribution >= 4 is 11.6 Å². The molecule has 1 rings (SSSR count). The Morgan fingerprint density at radius 1 is 1.38 bits per heavy atom. The first-order valence-corrected chi connectivity index (χ1v) is 4.89. The first-order valence-electron chi connectivity index (χ1n) is 4.51. The summed E-state index contributed by atoms with van der Waals surface area (Å²) in [5.41, 5.74) is 1.12. The van der Waals surface area contributed by atoms with Gasteiger partial charge in [-0.2, -0.15) is 0 Å². The van der Waals surface area contributed by atoms with E-state index in [2.05, 4.69) is 13.8 Å². The molecule has 1 aromatic rings. The fourth-order valence-corrected chi connectivity index (χ4v) is 1.64. The number of aliphatic hydroxyl groups is 1. The van der Waals surface area contributed by atoms with Crippen LogP contribution in [-0.4, -0.2) is 11.7 Å². The molecule has 0 saturated heterocycles. The van der Waals surface area contributed by atoms with Gasteiger partial charge in [0, 0.05) is 10.9 Å². The van der Waals surface area contributed by atoms with Gasteiger partial charge < -0.3 is 5.11 Å². The lowest BCUT2D eigenvalue weighted by Gasteiger charge is -2.18. The van der Waals surface area contributed by atoms with Gasteiger partial charge in [0.05, 0.1) is 6.61 Å². The van der Waals surface area contributed by atoms with E-state index in [0.717, 1.165) is 10.6 Å². The molecule has 0 amide bonds. The van der Waals surface area contributed by atoms with Crippen molar-refractivity contribution in [1.29, 1.82) is 0 Å². The molecule has 1 unspecified atom stereocenters. The van der Waals surface area contributed by atoms with Gasteiger partial charge in [0.2, 0.25) is 0 Å². The van der Waals surface area contributed by atoms with Gasteiger partial charge in [0.1, 0.15) is 0 Å². The minimum atomic E-state index is 0.179. The molecular weight excluding hydrogens is 184 g/mol. The van der Waals surface area contributed by atoms with Crippen molar-refractivity contribution in [2.75, 3.05) is 6.61 Å². The minimum Gasteiger partial charge on any atom is -0.396 e. The van der Waals surface area contributed by atoms with Gasteiger partial charge >= 0.3 is 0 Å². The number of benzene rings is 1. The SMILES string of the molecule is CC(C)C(CO)c1cccc(Cl)c1. The zero-order valence-electron chi connectivity index (χ0n) is 8.00. The number of hydrogen-bond donors (Lipinski definition) is 1. The second-order valence-electron chi connectivity index (χ2n) is 3.59. The summed E-state index contributed by atoms with van der Waals surface area (Å²) in [5, 5.41) is 9.93. The highest BCUT2D eigenvalue weighted by atomic mass is 35.5. The van der Waals surface area contributed by atoms with Crippen LogP contribution in [-0.2, 0) is 0 Å². The van der Waals surface area contributed by atoms with Crippen molar-refractivity contribution in [3.8, 4) is 0 Å². The molecule has 13 heavy (non-hydrogen) atoms. The Bertz CT molecular complexity index is 271. The lowest BCUT2D eigenvalue weighted by molar-refractivity contribution is 0.237. The van der Waals surface area contributed by atoms with Gasteiger partial charge in [-0.3, -0.25) is 0 Å². The fraction of sp³-hybridized carbons (Fsp3) is 0.455. The Morgan fingerprint density at radius 3 is 2.54 bits per heavy atom. The highest BCUT2D eigenvalue weighted by molar-refractivity contribution is 6.30. The third-order valence-corrected chi connectivity index (χ3v) is 2.51. The second-order valence-corrected chi connectivity index (χ2v) is 4.02. The number of aliphatic hydroxyl groups excluding tert-OH is 1. The Hall–Kier alpha value is -0.530. The van der Waals surface area contributed by atoms with E-state index in [1.165, 1.54) is 0 Å². The van der Waals surface area contributed by atoms with E-state index >= 15 is 0 Å². The second kappa shape index (κ2) is 4.64. The molecule has 1 N–H and O–H groups in total. The molecule has 1 nitrogen and oxygen atoms in total. The van der Waals surface area contributed by atoms with Crippen molar-refractivity contribution < 1.29 is 5.11 Å². The minimum absolute atomic E-state index is 0.179. The molecule has 0 bridgehead atoms. The van der Waals surface area contributed by atoms with Crippen molar-refractivity contribution in [1.82, 2.24) is 0 Å². The highest BCUT2D eigenvalue weighted by Crippen LogP contribution is 2.25. The lowest BCUT2D eigenvalue weighted by Crippen LogP contribution is -2.10. The third kappa shape index (κ3) is 2.71. The molecule has 0 spiro atoms. The molecule has 0 aliphatic carbocycles. The van der Waals surface area contributed by atoms with Crippen molar-refractivity contribution in [2.24, 2.45) is 5.92 Å². The molecular formula is C11H15ClO. The average Bonchev–Trinajstić information content (AvgIpc) is 2.04. The fourth-order valence-electron chi connectivity index (χ4n) is 1.44. The third-order valence-electron chi connectivity index (χ3n) is 2.28. The molecule has 0 heterocycles. The molecule has 2 heteroatoms. The van der Waals surface area contributed by atoms with Crippen LogP contribution in [0.15, 0.2) is 24.3 Å². The maximum absolute atomic E-state index is 9.20. The highest BCUT2D eigenvalue weighted by Gasteiger charge is 2.14. The maximum Gasteiger partial charge on any atom is 0.0502 e. The summed E-state index contributed by atoms with van der Waals surface area (Å²) in [6, 6.07) is 7.69. The summed E-state index contributed by atoms with van der Waals surface area (Å²) in [5.74, 6) is 0.627. The summed E-state index contributed by atoms with van der Waals surface area (Å²) >= 11 is 5.87. The summed E-state index contributed by atoms with van der Waals surface area (Å²) in [6.07, 6.45) is 0. The van der Waals surface area contributed by atoms with E-state index < -0.39 is 0 Å². The Labute approximate surface area is 84.4 Å². The van der Waals surface area contributed by atoms with Crippen LogP contribution in [0, 0.1) is 5.92 Å². The Balaban J connectivity index is 2.91. The molecule has 1 atom stereocenters. The molecule has 0 saturated carbocycles. The summed E-state index contributed by atoms with van der Waals surface area (Å²) in [7, 11) is 0. The summed E-state index contributed by atoms with van der Waals surface area (Å²) in [6.45, 7) is 4.38. The van der Waals surface area contributed by atoms with Gasteiger partial charge in [-0.1, -0.05) is 37.6 Å². The molecule has 0 radical (unpaired) electrons. The van der Waals surface area contributed by atoms with Crippen LogP contribution in [0.5, 0.6) is 0 Å². The molecule has 0 aliphatic heterocycles. The lowest BCUT2D eigenvalue weighted by atomic mass is 9.89. The quantitative estimate of drug-likeness (QED) is 0.792.